The van der Waals surface area contributed by atoms with Crippen molar-refractivity contribution < 1.29 is 24.5 Å². The lowest BCUT2D eigenvalue weighted by Gasteiger charge is -2.17. The summed E-state index contributed by atoms with van der Waals surface area (Å²) in [5.74, 6) is -1.05. The number of hydrogen-bond donors (Lipinski definition) is 3. The summed E-state index contributed by atoms with van der Waals surface area (Å²) in [6.07, 6.45) is 0.646. The zero-order valence-corrected chi connectivity index (χ0v) is 13.7. The van der Waals surface area contributed by atoms with Gasteiger partial charge in [-0.05, 0) is 29.7 Å². The standard InChI is InChI=1S/C17H23NO5/c1-5-10(2)16(21)14-6-12(8-19)13(9-20)7-15(14)18-17(22)11(3)23-4/h6-7,10,19-20H,3,5,8-9H2,1-2,4H3,(H,18,22). The minimum atomic E-state index is -0.577. The van der Waals surface area contributed by atoms with Crippen molar-refractivity contribution >= 4 is 17.4 Å². The fourth-order valence-electron chi connectivity index (χ4n) is 2.03. The van der Waals surface area contributed by atoms with Crippen LogP contribution in [0.15, 0.2) is 24.5 Å². The van der Waals surface area contributed by atoms with Crippen molar-refractivity contribution in [1.29, 1.82) is 0 Å². The molecule has 0 bridgehead atoms. The van der Waals surface area contributed by atoms with E-state index in [1.54, 1.807) is 6.92 Å². The van der Waals surface area contributed by atoms with Crippen LogP contribution in [-0.4, -0.2) is 29.0 Å². The molecule has 126 valence electrons. The van der Waals surface area contributed by atoms with E-state index in [-0.39, 0.29) is 41.9 Å². The van der Waals surface area contributed by atoms with E-state index in [1.165, 1.54) is 19.2 Å². The highest BCUT2D eigenvalue weighted by Gasteiger charge is 2.21. The maximum absolute atomic E-state index is 12.5. The molecule has 1 rings (SSSR count). The maximum atomic E-state index is 12.5. The maximum Gasteiger partial charge on any atom is 0.290 e. The number of nitrogens with one attached hydrogen (secondary N) is 1. The van der Waals surface area contributed by atoms with Crippen molar-refractivity contribution in [2.75, 3.05) is 12.4 Å². The quantitative estimate of drug-likeness (QED) is 0.387. The number of rotatable bonds is 8. The predicted molar refractivity (Wildman–Crippen MR) is 86.9 cm³/mol. The number of anilines is 1. The van der Waals surface area contributed by atoms with Crippen LogP contribution in [0.25, 0.3) is 0 Å². The summed E-state index contributed by atoms with van der Waals surface area (Å²) in [6, 6.07) is 2.99. The Labute approximate surface area is 135 Å². The number of aliphatic hydroxyl groups excluding tert-OH is 2. The van der Waals surface area contributed by atoms with E-state index in [4.69, 9.17) is 4.74 Å². The molecule has 23 heavy (non-hydrogen) atoms. The topological polar surface area (TPSA) is 95.9 Å². The van der Waals surface area contributed by atoms with Crippen molar-refractivity contribution in [1.82, 2.24) is 0 Å². The van der Waals surface area contributed by atoms with Gasteiger partial charge in [0.25, 0.3) is 5.91 Å². The fourth-order valence-corrected chi connectivity index (χ4v) is 2.03. The molecule has 3 N–H and O–H groups in total. The molecule has 1 unspecified atom stereocenters. The zero-order chi connectivity index (χ0) is 17.6. The van der Waals surface area contributed by atoms with E-state index in [9.17, 15) is 19.8 Å². The van der Waals surface area contributed by atoms with Crippen LogP contribution in [-0.2, 0) is 22.7 Å². The summed E-state index contributed by atoms with van der Waals surface area (Å²) < 4.78 is 4.77. The van der Waals surface area contributed by atoms with Gasteiger partial charge in [-0.3, -0.25) is 9.59 Å². The number of aliphatic hydroxyl groups is 2. The molecule has 1 aromatic rings. The smallest absolute Gasteiger partial charge is 0.290 e. The van der Waals surface area contributed by atoms with Gasteiger partial charge in [0.05, 0.1) is 26.0 Å². The number of methoxy groups -OCH3 is 1. The van der Waals surface area contributed by atoms with E-state index in [2.05, 4.69) is 11.9 Å². The van der Waals surface area contributed by atoms with Gasteiger partial charge in [-0.25, -0.2) is 0 Å². The summed E-state index contributed by atoms with van der Waals surface area (Å²) in [6.45, 7) is 6.52. The highest BCUT2D eigenvalue weighted by Crippen LogP contribution is 2.26. The lowest BCUT2D eigenvalue weighted by molar-refractivity contribution is -0.115. The van der Waals surface area contributed by atoms with Gasteiger partial charge in [0.15, 0.2) is 11.5 Å². The lowest BCUT2D eigenvalue weighted by atomic mass is 9.92. The van der Waals surface area contributed by atoms with Crippen LogP contribution < -0.4 is 5.32 Å². The highest BCUT2D eigenvalue weighted by molar-refractivity contribution is 6.09. The number of carbonyl (C=O) groups is 2. The molecule has 1 aromatic carbocycles. The molecule has 6 nitrogen and oxygen atoms in total. The first-order valence-electron chi connectivity index (χ1n) is 7.35. The number of Topliss-reactive ketones (excluding diaryl/α,β-unsaturated/α-hetero) is 1. The second-order valence-corrected chi connectivity index (χ2v) is 5.24. The lowest BCUT2D eigenvalue weighted by Crippen LogP contribution is -2.20. The first-order valence-corrected chi connectivity index (χ1v) is 7.35. The Morgan fingerprint density at radius 3 is 2.30 bits per heavy atom. The minimum Gasteiger partial charge on any atom is -0.492 e. The summed E-state index contributed by atoms with van der Waals surface area (Å²) in [7, 11) is 1.32. The van der Waals surface area contributed by atoms with E-state index in [0.717, 1.165) is 0 Å². The number of benzene rings is 1. The third-order valence-corrected chi connectivity index (χ3v) is 3.75. The van der Waals surface area contributed by atoms with Crippen LogP contribution in [0.4, 0.5) is 5.69 Å². The Morgan fingerprint density at radius 1 is 1.26 bits per heavy atom. The molecule has 0 heterocycles. The average Bonchev–Trinajstić information content (AvgIpc) is 2.58. The molecule has 0 saturated heterocycles. The van der Waals surface area contributed by atoms with Gasteiger partial charge in [-0.1, -0.05) is 20.4 Å². The summed E-state index contributed by atoms with van der Waals surface area (Å²) in [5, 5.41) is 21.4. The SMILES string of the molecule is C=C(OC)C(=O)Nc1cc(CO)c(CO)cc1C(=O)C(C)CC. The molecular weight excluding hydrogens is 298 g/mol. The molecule has 6 heteroatoms. The molecule has 1 atom stereocenters. The number of amides is 1. The van der Waals surface area contributed by atoms with Gasteiger partial charge >= 0.3 is 0 Å². The molecule has 1 amide bonds. The van der Waals surface area contributed by atoms with Gasteiger partial charge in [-0.2, -0.15) is 0 Å². The molecule has 0 aromatic heterocycles. The van der Waals surface area contributed by atoms with Crippen molar-refractivity contribution in [3.05, 3.63) is 41.2 Å². The van der Waals surface area contributed by atoms with Gasteiger partial charge in [0.1, 0.15) is 0 Å². The van der Waals surface area contributed by atoms with Crippen molar-refractivity contribution in [3.63, 3.8) is 0 Å². The molecule has 0 fully saturated rings. The van der Waals surface area contributed by atoms with Crippen molar-refractivity contribution in [2.45, 2.75) is 33.5 Å². The van der Waals surface area contributed by atoms with Crippen LogP contribution in [0, 0.1) is 5.92 Å². The Kier molecular flexibility index (Phi) is 6.93. The minimum absolute atomic E-state index is 0.0938. The third kappa shape index (κ3) is 4.40. The largest absolute Gasteiger partial charge is 0.492 e. The van der Waals surface area contributed by atoms with Gasteiger partial charge in [-0.15, -0.1) is 0 Å². The number of hydrogen-bond acceptors (Lipinski definition) is 5. The van der Waals surface area contributed by atoms with Crippen LogP contribution in [0.1, 0.15) is 41.8 Å². The number of ether oxygens (including phenoxy) is 1. The molecular formula is C17H23NO5. The molecule has 0 radical (unpaired) electrons. The Balaban J connectivity index is 3.36. The zero-order valence-electron chi connectivity index (χ0n) is 13.7. The van der Waals surface area contributed by atoms with Crippen LogP contribution in [0.2, 0.25) is 0 Å². The van der Waals surface area contributed by atoms with Gasteiger partial charge < -0.3 is 20.3 Å². The van der Waals surface area contributed by atoms with E-state index >= 15 is 0 Å². The molecule has 0 aliphatic carbocycles. The van der Waals surface area contributed by atoms with Crippen molar-refractivity contribution in [2.24, 2.45) is 5.92 Å². The van der Waals surface area contributed by atoms with Crippen molar-refractivity contribution in [3.8, 4) is 0 Å². The van der Waals surface area contributed by atoms with Crippen LogP contribution in [0.5, 0.6) is 0 Å². The van der Waals surface area contributed by atoms with E-state index in [1.807, 2.05) is 6.92 Å². The predicted octanol–water partition coefficient (Wildman–Crippen LogP) is 2.00. The Bertz CT molecular complexity index is 609. The van der Waals surface area contributed by atoms with Crippen LogP contribution >= 0.6 is 0 Å². The first kappa shape index (κ1) is 18.9. The number of carbonyl (C=O) groups excluding carboxylic acids is 2. The van der Waals surface area contributed by atoms with E-state index in [0.29, 0.717) is 17.5 Å². The van der Waals surface area contributed by atoms with E-state index < -0.39 is 5.91 Å². The average molecular weight is 321 g/mol. The summed E-state index contributed by atoms with van der Waals surface area (Å²) in [5.41, 5.74) is 1.44. The third-order valence-electron chi connectivity index (χ3n) is 3.75. The van der Waals surface area contributed by atoms with Gasteiger partial charge in [0, 0.05) is 11.5 Å². The Morgan fingerprint density at radius 2 is 1.83 bits per heavy atom. The molecule has 0 spiro atoms. The molecule has 0 aliphatic rings. The first-order chi connectivity index (χ1) is 10.9. The molecule has 0 saturated carbocycles. The second-order valence-electron chi connectivity index (χ2n) is 5.24. The summed E-state index contributed by atoms with van der Waals surface area (Å²) >= 11 is 0. The highest BCUT2D eigenvalue weighted by atomic mass is 16.5. The fraction of sp³-hybridized carbons (Fsp3) is 0.412. The monoisotopic (exact) mass is 321 g/mol. The summed E-state index contributed by atoms with van der Waals surface area (Å²) in [4.78, 5) is 24.5. The Hall–Kier alpha value is -2.18. The van der Waals surface area contributed by atoms with Gasteiger partial charge in [0.2, 0.25) is 0 Å². The molecule has 0 aliphatic heterocycles. The number of ketones is 1. The second kappa shape index (κ2) is 8.45. The van der Waals surface area contributed by atoms with Crippen LogP contribution in [0.3, 0.4) is 0 Å². The normalized spacial score (nSPS) is 11.7.